The molecule has 0 bridgehead atoms. The molecule has 2 aromatic heterocycles. The summed E-state index contributed by atoms with van der Waals surface area (Å²) in [5, 5.41) is 11.3. The highest BCUT2D eigenvalue weighted by molar-refractivity contribution is 7.99. The Balaban J connectivity index is 1.30. The number of nitrogens with zero attached hydrogens (tertiary/aromatic N) is 4. The molecule has 29 heavy (non-hydrogen) atoms. The summed E-state index contributed by atoms with van der Waals surface area (Å²) in [5.41, 5.74) is 2.64. The van der Waals surface area contributed by atoms with Crippen molar-refractivity contribution >= 4 is 29.2 Å². The molecule has 0 radical (unpaired) electrons. The number of anilines is 2. The van der Waals surface area contributed by atoms with Crippen LogP contribution in [0, 0.1) is 6.92 Å². The van der Waals surface area contributed by atoms with Gasteiger partial charge in [0.15, 0.2) is 0 Å². The fourth-order valence-electron chi connectivity index (χ4n) is 3.28. The molecule has 3 aromatic rings. The molecule has 4 rings (SSSR count). The van der Waals surface area contributed by atoms with Crippen molar-refractivity contribution in [3.05, 3.63) is 48.2 Å². The molecule has 0 saturated carbocycles. The van der Waals surface area contributed by atoms with E-state index < -0.39 is 0 Å². The molecule has 1 fully saturated rings. The zero-order chi connectivity index (χ0) is 20.1. The van der Waals surface area contributed by atoms with Gasteiger partial charge in [-0.2, -0.15) is 0 Å². The van der Waals surface area contributed by atoms with Crippen LogP contribution in [-0.2, 0) is 4.79 Å². The smallest absolute Gasteiger partial charge is 0.277 e. The van der Waals surface area contributed by atoms with Crippen molar-refractivity contribution in [2.24, 2.45) is 0 Å². The van der Waals surface area contributed by atoms with E-state index in [1.807, 2.05) is 43.3 Å². The number of piperidine rings is 1. The number of aryl methyl sites for hydroxylation is 1. The summed E-state index contributed by atoms with van der Waals surface area (Å²) in [5.74, 6) is 1.47. The highest BCUT2D eigenvalue weighted by Crippen LogP contribution is 2.25. The molecule has 1 aromatic carbocycles. The zero-order valence-corrected chi connectivity index (χ0v) is 17.1. The van der Waals surface area contributed by atoms with E-state index in [1.165, 1.54) is 31.0 Å². The molecule has 7 nitrogen and oxygen atoms in total. The van der Waals surface area contributed by atoms with Crippen LogP contribution in [-0.4, -0.2) is 39.9 Å². The number of carbonyl (C=O) groups is 1. The normalized spacial score (nSPS) is 14.0. The molecule has 0 aliphatic carbocycles. The van der Waals surface area contributed by atoms with Gasteiger partial charge >= 0.3 is 0 Å². The largest absolute Gasteiger partial charge is 0.411 e. The third kappa shape index (κ3) is 4.95. The van der Waals surface area contributed by atoms with Gasteiger partial charge in [-0.3, -0.25) is 4.79 Å². The Morgan fingerprint density at radius 2 is 1.97 bits per heavy atom. The predicted molar refractivity (Wildman–Crippen MR) is 114 cm³/mol. The average Bonchev–Trinajstić information content (AvgIpc) is 3.23. The van der Waals surface area contributed by atoms with Crippen molar-refractivity contribution in [3.8, 4) is 11.5 Å². The Hall–Kier alpha value is -2.87. The summed E-state index contributed by atoms with van der Waals surface area (Å²) in [6.07, 6.45) is 5.40. The van der Waals surface area contributed by atoms with E-state index in [4.69, 9.17) is 4.42 Å². The Morgan fingerprint density at radius 1 is 1.14 bits per heavy atom. The average molecular weight is 410 g/mol. The standard InChI is InChI=1S/C21H23N5O2S/c1-15-7-3-4-8-17(15)20-24-25-21(28-20)29-14-19(27)23-16-9-10-18(22-13-16)26-11-5-2-6-12-26/h3-4,7-10,13H,2,5-6,11-12,14H2,1H3,(H,23,27). The molecule has 150 valence electrons. The van der Waals surface area contributed by atoms with Gasteiger partial charge in [-0.1, -0.05) is 30.0 Å². The highest BCUT2D eigenvalue weighted by Gasteiger charge is 2.14. The van der Waals surface area contributed by atoms with Gasteiger partial charge in [-0.15, -0.1) is 10.2 Å². The van der Waals surface area contributed by atoms with E-state index in [0.29, 0.717) is 16.8 Å². The second-order valence-electron chi connectivity index (χ2n) is 6.98. The molecule has 1 N–H and O–H groups in total. The summed E-state index contributed by atoms with van der Waals surface area (Å²) in [6, 6.07) is 11.7. The molecular weight excluding hydrogens is 386 g/mol. The van der Waals surface area contributed by atoms with Gasteiger partial charge in [-0.25, -0.2) is 4.98 Å². The van der Waals surface area contributed by atoms with Gasteiger partial charge in [0, 0.05) is 18.7 Å². The third-order valence-electron chi connectivity index (χ3n) is 4.82. The van der Waals surface area contributed by atoms with E-state index in [-0.39, 0.29) is 11.7 Å². The molecule has 1 amide bonds. The molecule has 1 aliphatic rings. The van der Waals surface area contributed by atoms with Crippen molar-refractivity contribution in [1.29, 1.82) is 0 Å². The van der Waals surface area contributed by atoms with Gasteiger partial charge in [0.2, 0.25) is 11.8 Å². The highest BCUT2D eigenvalue weighted by atomic mass is 32.2. The van der Waals surface area contributed by atoms with Crippen molar-refractivity contribution in [2.45, 2.75) is 31.4 Å². The van der Waals surface area contributed by atoms with Gasteiger partial charge in [0.25, 0.3) is 5.22 Å². The second-order valence-corrected chi connectivity index (χ2v) is 7.90. The first-order valence-electron chi connectivity index (χ1n) is 9.72. The van der Waals surface area contributed by atoms with E-state index in [0.717, 1.165) is 30.0 Å². The number of amides is 1. The summed E-state index contributed by atoms with van der Waals surface area (Å²) in [6.45, 7) is 4.08. The minimum Gasteiger partial charge on any atom is -0.411 e. The molecule has 0 atom stereocenters. The van der Waals surface area contributed by atoms with Crippen molar-refractivity contribution in [2.75, 3.05) is 29.1 Å². The third-order valence-corrected chi connectivity index (χ3v) is 5.64. The molecule has 0 spiro atoms. The van der Waals surface area contributed by atoms with E-state index in [2.05, 4.69) is 25.4 Å². The lowest BCUT2D eigenvalue weighted by atomic mass is 10.1. The fraction of sp³-hybridized carbons (Fsp3) is 0.333. The van der Waals surface area contributed by atoms with E-state index >= 15 is 0 Å². The van der Waals surface area contributed by atoms with Crippen molar-refractivity contribution < 1.29 is 9.21 Å². The van der Waals surface area contributed by atoms with Gasteiger partial charge < -0.3 is 14.6 Å². The minimum absolute atomic E-state index is 0.141. The van der Waals surface area contributed by atoms with Crippen LogP contribution < -0.4 is 10.2 Å². The summed E-state index contributed by atoms with van der Waals surface area (Å²) < 4.78 is 5.68. The Morgan fingerprint density at radius 3 is 2.72 bits per heavy atom. The van der Waals surface area contributed by atoms with Crippen LogP contribution in [0.5, 0.6) is 0 Å². The van der Waals surface area contributed by atoms with Crippen LogP contribution in [0.4, 0.5) is 11.5 Å². The first-order valence-corrected chi connectivity index (χ1v) is 10.7. The molecular formula is C21H23N5O2S. The number of nitrogens with one attached hydrogen (secondary N) is 1. The lowest BCUT2D eigenvalue weighted by Crippen LogP contribution is -2.30. The molecule has 1 aliphatic heterocycles. The Bertz CT molecular complexity index is 967. The summed E-state index contributed by atoms with van der Waals surface area (Å²) >= 11 is 1.21. The van der Waals surface area contributed by atoms with Crippen molar-refractivity contribution in [3.63, 3.8) is 0 Å². The predicted octanol–water partition coefficient (Wildman–Crippen LogP) is 4.16. The van der Waals surface area contributed by atoms with E-state index in [9.17, 15) is 4.79 Å². The van der Waals surface area contributed by atoms with Crippen LogP contribution in [0.2, 0.25) is 0 Å². The topological polar surface area (TPSA) is 84.2 Å². The van der Waals surface area contributed by atoms with Gasteiger partial charge in [-0.05, 0) is 49.9 Å². The lowest BCUT2D eigenvalue weighted by molar-refractivity contribution is -0.113. The number of aromatic nitrogens is 3. The molecule has 3 heterocycles. The van der Waals surface area contributed by atoms with Gasteiger partial charge in [0.05, 0.1) is 17.6 Å². The quantitative estimate of drug-likeness (QED) is 0.612. The Labute approximate surface area is 173 Å². The fourth-order valence-corrected chi connectivity index (χ4v) is 3.85. The number of carbonyl (C=O) groups excluding carboxylic acids is 1. The zero-order valence-electron chi connectivity index (χ0n) is 16.3. The van der Waals surface area contributed by atoms with Gasteiger partial charge in [0.1, 0.15) is 5.82 Å². The van der Waals surface area contributed by atoms with Crippen molar-refractivity contribution in [1.82, 2.24) is 15.2 Å². The SMILES string of the molecule is Cc1ccccc1-c1nnc(SCC(=O)Nc2ccc(N3CCCCC3)nc2)o1. The monoisotopic (exact) mass is 409 g/mol. The number of hydrogen-bond acceptors (Lipinski definition) is 7. The second kappa shape index (κ2) is 9.09. The maximum Gasteiger partial charge on any atom is 0.277 e. The molecule has 8 heteroatoms. The van der Waals surface area contributed by atoms with Crippen LogP contribution in [0.3, 0.4) is 0 Å². The first kappa shape index (κ1) is 19.4. The number of pyridine rings is 1. The number of benzene rings is 1. The summed E-state index contributed by atoms with van der Waals surface area (Å²) in [4.78, 5) is 19.0. The maximum atomic E-state index is 12.2. The van der Waals surface area contributed by atoms with Crippen LogP contribution in [0.1, 0.15) is 24.8 Å². The molecule has 0 unspecified atom stereocenters. The first-order chi connectivity index (χ1) is 14.2. The minimum atomic E-state index is -0.141. The van der Waals surface area contributed by atoms with Crippen LogP contribution >= 0.6 is 11.8 Å². The number of thioether (sulfide) groups is 1. The lowest BCUT2D eigenvalue weighted by Gasteiger charge is -2.27. The number of rotatable bonds is 6. The summed E-state index contributed by atoms with van der Waals surface area (Å²) in [7, 11) is 0. The molecule has 1 saturated heterocycles. The van der Waals surface area contributed by atoms with E-state index in [1.54, 1.807) is 6.20 Å². The maximum absolute atomic E-state index is 12.2. The number of hydrogen-bond donors (Lipinski definition) is 1. The Kier molecular flexibility index (Phi) is 6.09. The van der Waals surface area contributed by atoms with Crippen LogP contribution in [0.15, 0.2) is 52.2 Å². The van der Waals surface area contributed by atoms with Crippen LogP contribution in [0.25, 0.3) is 11.5 Å².